The van der Waals surface area contributed by atoms with Crippen molar-refractivity contribution >= 4 is 11.8 Å². The number of rotatable bonds is 7. The molecule has 110 valence electrons. The van der Waals surface area contributed by atoms with Gasteiger partial charge in [0.05, 0.1) is 0 Å². The van der Waals surface area contributed by atoms with Gasteiger partial charge in [-0.15, -0.1) is 6.58 Å². The average Bonchev–Trinajstić information content (AvgIpc) is 3.27. The van der Waals surface area contributed by atoms with Gasteiger partial charge in [0.1, 0.15) is 5.41 Å². The molecule has 0 saturated heterocycles. The summed E-state index contributed by atoms with van der Waals surface area (Å²) >= 11 is 0. The minimum atomic E-state index is -0.802. The van der Waals surface area contributed by atoms with E-state index in [2.05, 4.69) is 23.3 Å². The second kappa shape index (κ2) is 6.73. The van der Waals surface area contributed by atoms with E-state index in [1.807, 2.05) is 0 Å². The number of hydrogen-bond acceptors (Lipinski definition) is 2. The predicted molar refractivity (Wildman–Crippen MR) is 79.1 cm³/mol. The molecule has 2 aliphatic rings. The van der Waals surface area contributed by atoms with Crippen LogP contribution in [0.3, 0.4) is 0 Å². The van der Waals surface area contributed by atoms with Crippen molar-refractivity contribution < 1.29 is 9.59 Å². The first-order valence-electron chi connectivity index (χ1n) is 7.54. The molecule has 0 aromatic rings. The molecule has 1 saturated carbocycles. The summed E-state index contributed by atoms with van der Waals surface area (Å²) in [7, 11) is 0. The quantitative estimate of drug-likeness (QED) is 0.552. The molecule has 0 atom stereocenters. The van der Waals surface area contributed by atoms with Gasteiger partial charge in [0.15, 0.2) is 0 Å². The van der Waals surface area contributed by atoms with Gasteiger partial charge in [0, 0.05) is 13.1 Å². The molecule has 4 heteroatoms. The second-order valence-electron chi connectivity index (χ2n) is 5.69. The molecule has 2 amide bonds. The number of carbonyl (C=O) groups excluding carboxylic acids is 2. The third-order valence-corrected chi connectivity index (χ3v) is 4.14. The molecule has 0 aliphatic heterocycles. The van der Waals surface area contributed by atoms with Gasteiger partial charge in [0.25, 0.3) is 0 Å². The topological polar surface area (TPSA) is 58.2 Å². The Balaban J connectivity index is 1.75. The van der Waals surface area contributed by atoms with E-state index in [0.29, 0.717) is 25.9 Å². The predicted octanol–water partition coefficient (Wildman–Crippen LogP) is 2.08. The number of nitrogens with one attached hydrogen (secondary N) is 2. The van der Waals surface area contributed by atoms with Crippen molar-refractivity contribution in [1.29, 1.82) is 0 Å². The molecule has 0 aromatic heterocycles. The molecule has 0 bridgehead atoms. The minimum Gasteiger partial charge on any atom is -0.355 e. The lowest BCUT2D eigenvalue weighted by molar-refractivity contribution is -0.137. The van der Waals surface area contributed by atoms with Crippen molar-refractivity contribution in [3.63, 3.8) is 0 Å². The molecular weight excluding hydrogens is 252 g/mol. The highest BCUT2D eigenvalue weighted by atomic mass is 16.2. The van der Waals surface area contributed by atoms with E-state index in [-0.39, 0.29) is 11.8 Å². The summed E-state index contributed by atoms with van der Waals surface area (Å²) in [5.41, 5.74) is 0.641. The van der Waals surface area contributed by atoms with Crippen molar-refractivity contribution in [3.05, 3.63) is 24.3 Å². The van der Waals surface area contributed by atoms with Crippen molar-refractivity contribution in [2.45, 2.75) is 44.9 Å². The van der Waals surface area contributed by atoms with Crippen molar-refractivity contribution in [2.24, 2.45) is 5.41 Å². The van der Waals surface area contributed by atoms with E-state index in [4.69, 9.17) is 0 Å². The Kier molecular flexibility index (Phi) is 4.99. The lowest BCUT2D eigenvalue weighted by Gasteiger charge is -2.16. The van der Waals surface area contributed by atoms with E-state index < -0.39 is 5.41 Å². The lowest BCUT2D eigenvalue weighted by Crippen LogP contribution is -2.43. The molecule has 0 unspecified atom stereocenters. The first-order valence-corrected chi connectivity index (χ1v) is 7.54. The monoisotopic (exact) mass is 276 g/mol. The van der Waals surface area contributed by atoms with Crippen LogP contribution < -0.4 is 10.6 Å². The zero-order valence-corrected chi connectivity index (χ0v) is 12.0. The molecule has 0 heterocycles. The summed E-state index contributed by atoms with van der Waals surface area (Å²) < 4.78 is 0. The van der Waals surface area contributed by atoms with Crippen molar-refractivity contribution in [3.8, 4) is 0 Å². The Labute approximate surface area is 120 Å². The van der Waals surface area contributed by atoms with Crippen LogP contribution in [0.5, 0.6) is 0 Å². The Hall–Kier alpha value is -1.58. The molecule has 0 radical (unpaired) electrons. The summed E-state index contributed by atoms with van der Waals surface area (Å²) in [6, 6.07) is 0. The Morgan fingerprint density at radius 1 is 1.25 bits per heavy atom. The molecule has 0 aromatic carbocycles. The number of amides is 2. The number of carbonyl (C=O) groups is 2. The van der Waals surface area contributed by atoms with E-state index in [0.717, 1.165) is 19.3 Å². The highest BCUT2D eigenvalue weighted by Crippen LogP contribution is 2.46. The maximum Gasteiger partial charge on any atom is 0.235 e. The van der Waals surface area contributed by atoms with E-state index in [9.17, 15) is 9.59 Å². The normalized spacial score (nSPS) is 19.7. The molecule has 20 heavy (non-hydrogen) atoms. The van der Waals surface area contributed by atoms with Gasteiger partial charge in [0.2, 0.25) is 11.8 Å². The van der Waals surface area contributed by atoms with Crippen LogP contribution >= 0.6 is 0 Å². The van der Waals surface area contributed by atoms with Crippen LogP contribution in [-0.4, -0.2) is 24.9 Å². The first-order chi connectivity index (χ1) is 9.69. The molecule has 2 aliphatic carbocycles. The van der Waals surface area contributed by atoms with Crippen molar-refractivity contribution in [1.82, 2.24) is 10.6 Å². The van der Waals surface area contributed by atoms with Crippen LogP contribution in [0.25, 0.3) is 0 Å². The van der Waals surface area contributed by atoms with E-state index in [1.165, 1.54) is 18.4 Å². The smallest absolute Gasteiger partial charge is 0.235 e. The summed E-state index contributed by atoms with van der Waals surface area (Å²) in [5.74, 6) is -0.276. The van der Waals surface area contributed by atoms with Crippen LogP contribution in [0, 0.1) is 5.41 Å². The highest BCUT2D eigenvalue weighted by Gasteiger charge is 2.56. The average molecular weight is 276 g/mol. The summed E-state index contributed by atoms with van der Waals surface area (Å²) in [6.07, 6.45) is 11.0. The molecule has 0 spiro atoms. The standard InChI is InChI=1S/C16H24N2O2/c1-2-11-17-14(19)16(9-10-16)15(20)18-12-8-13-6-4-3-5-7-13/h2,6H,1,3-5,7-12H2,(H,17,19)(H,18,20). The van der Waals surface area contributed by atoms with Gasteiger partial charge >= 0.3 is 0 Å². The van der Waals surface area contributed by atoms with E-state index in [1.54, 1.807) is 6.08 Å². The van der Waals surface area contributed by atoms with Crippen LogP contribution in [-0.2, 0) is 9.59 Å². The van der Waals surface area contributed by atoms with Gasteiger partial charge in [-0.05, 0) is 44.9 Å². The highest BCUT2D eigenvalue weighted by molar-refractivity contribution is 6.07. The maximum absolute atomic E-state index is 12.2. The van der Waals surface area contributed by atoms with Gasteiger partial charge in [-0.3, -0.25) is 9.59 Å². The number of allylic oxidation sites excluding steroid dienone is 1. The van der Waals surface area contributed by atoms with Gasteiger partial charge in [-0.1, -0.05) is 17.7 Å². The summed E-state index contributed by atoms with van der Waals surface area (Å²) in [5, 5.41) is 5.65. The molecule has 1 fully saturated rings. The first kappa shape index (κ1) is 14.8. The van der Waals surface area contributed by atoms with E-state index >= 15 is 0 Å². The third kappa shape index (κ3) is 3.50. The van der Waals surface area contributed by atoms with Crippen molar-refractivity contribution in [2.75, 3.05) is 13.1 Å². The number of hydrogen-bond donors (Lipinski definition) is 2. The SMILES string of the molecule is C=CCNC(=O)C1(C(=O)NCCC2=CCCCC2)CC1. The van der Waals surface area contributed by atoms with Crippen LogP contribution in [0.2, 0.25) is 0 Å². The van der Waals surface area contributed by atoms with Crippen LogP contribution in [0.4, 0.5) is 0 Å². The summed E-state index contributed by atoms with van der Waals surface area (Å²) in [6.45, 7) is 4.62. The zero-order valence-electron chi connectivity index (χ0n) is 12.0. The Morgan fingerprint density at radius 3 is 2.60 bits per heavy atom. The van der Waals surface area contributed by atoms with Gasteiger partial charge in [-0.25, -0.2) is 0 Å². The molecule has 2 N–H and O–H groups in total. The maximum atomic E-state index is 12.2. The van der Waals surface area contributed by atoms with Gasteiger partial charge < -0.3 is 10.6 Å². The molecule has 4 nitrogen and oxygen atoms in total. The minimum absolute atomic E-state index is 0.115. The van der Waals surface area contributed by atoms with Gasteiger partial charge in [-0.2, -0.15) is 0 Å². The largest absolute Gasteiger partial charge is 0.355 e. The fraction of sp³-hybridized carbons (Fsp3) is 0.625. The zero-order chi connectivity index (χ0) is 14.4. The fourth-order valence-corrected chi connectivity index (χ4v) is 2.65. The Morgan fingerprint density at radius 2 is 2.00 bits per heavy atom. The van der Waals surface area contributed by atoms with Crippen LogP contribution in [0.15, 0.2) is 24.3 Å². The summed E-state index contributed by atoms with van der Waals surface area (Å²) in [4.78, 5) is 24.1. The van der Waals surface area contributed by atoms with Crippen LogP contribution in [0.1, 0.15) is 44.9 Å². The second-order valence-corrected chi connectivity index (χ2v) is 5.69. The fourth-order valence-electron chi connectivity index (χ4n) is 2.65. The third-order valence-electron chi connectivity index (χ3n) is 4.14. The Bertz CT molecular complexity index is 422. The molecule has 2 rings (SSSR count). The molecular formula is C16H24N2O2. The lowest BCUT2D eigenvalue weighted by atomic mass is 9.97.